The molecular weight excluding hydrogens is 300 g/mol. The highest BCUT2D eigenvalue weighted by Gasteiger charge is 2.08. The van der Waals surface area contributed by atoms with Crippen molar-refractivity contribution in [3.8, 4) is 0 Å². The number of carbonyl (C=O) groups is 1. The van der Waals surface area contributed by atoms with Crippen molar-refractivity contribution < 1.29 is 9.00 Å². The van der Waals surface area contributed by atoms with Crippen LogP contribution in [0.4, 0.5) is 10.6 Å². The largest absolute Gasteiger partial charge is 0.337 e. The summed E-state index contributed by atoms with van der Waals surface area (Å²) < 4.78 is 13.6. The summed E-state index contributed by atoms with van der Waals surface area (Å²) in [5.74, 6) is 1.02. The quantitative estimate of drug-likeness (QED) is 0.853. The van der Waals surface area contributed by atoms with E-state index in [0.29, 0.717) is 18.1 Å². The summed E-state index contributed by atoms with van der Waals surface area (Å²) >= 11 is 0. The van der Waals surface area contributed by atoms with Crippen LogP contribution in [0.3, 0.4) is 0 Å². The molecule has 0 saturated heterocycles. The minimum atomic E-state index is -1.11. The van der Waals surface area contributed by atoms with E-state index >= 15 is 0 Å². The highest BCUT2D eigenvalue weighted by Crippen LogP contribution is 2.09. The fourth-order valence-corrected chi connectivity index (χ4v) is 2.91. The van der Waals surface area contributed by atoms with Gasteiger partial charge in [0.15, 0.2) is 0 Å². The van der Waals surface area contributed by atoms with E-state index in [4.69, 9.17) is 0 Å². The molecule has 2 rings (SSSR count). The number of hydrogen-bond acceptors (Lipinski definition) is 3. The summed E-state index contributed by atoms with van der Waals surface area (Å²) in [6, 6.07) is 10.7. The number of amides is 2. The van der Waals surface area contributed by atoms with Gasteiger partial charge in [0, 0.05) is 30.3 Å². The first-order valence-electron chi connectivity index (χ1n) is 7.11. The molecule has 22 heavy (non-hydrogen) atoms. The zero-order chi connectivity index (χ0) is 15.9. The molecule has 0 fully saturated rings. The number of urea groups is 1. The van der Waals surface area contributed by atoms with Crippen LogP contribution in [0.2, 0.25) is 0 Å². The minimum Gasteiger partial charge on any atom is -0.337 e. The Morgan fingerprint density at radius 1 is 1.32 bits per heavy atom. The molecule has 1 unspecified atom stereocenters. The van der Waals surface area contributed by atoms with Gasteiger partial charge in [0.25, 0.3) is 0 Å². The Bertz CT molecular complexity index is 655. The fourth-order valence-electron chi connectivity index (χ4n) is 1.92. The molecule has 0 aliphatic rings. The Balaban J connectivity index is 1.78. The minimum absolute atomic E-state index is 0.323. The van der Waals surface area contributed by atoms with E-state index in [0.717, 1.165) is 17.0 Å². The summed E-state index contributed by atoms with van der Waals surface area (Å²) in [5, 5.41) is 9.69. The van der Waals surface area contributed by atoms with Crippen molar-refractivity contribution in [1.82, 2.24) is 15.1 Å². The molecule has 2 N–H and O–H groups in total. The molecular formula is C15H20N4O2S. The van der Waals surface area contributed by atoms with Gasteiger partial charge in [0.05, 0.1) is 16.5 Å². The van der Waals surface area contributed by atoms with E-state index in [1.165, 1.54) is 0 Å². The highest BCUT2D eigenvalue weighted by atomic mass is 32.2. The van der Waals surface area contributed by atoms with E-state index in [1.54, 1.807) is 11.7 Å². The molecule has 1 atom stereocenters. The van der Waals surface area contributed by atoms with Crippen LogP contribution in [-0.4, -0.2) is 32.3 Å². The number of benzene rings is 1. The van der Waals surface area contributed by atoms with Gasteiger partial charge in [0.1, 0.15) is 5.82 Å². The third-order valence-electron chi connectivity index (χ3n) is 3.11. The van der Waals surface area contributed by atoms with Crippen LogP contribution in [0.5, 0.6) is 0 Å². The molecule has 0 aliphatic heterocycles. The number of hydrogen-bond donors (Lipinski definition) is 2. The second kappa shape index (κ2) is 7.74. The van der Waals surface area contributed by atoms with Gasteiger partial charge >= 0.3 is 6.03 Å². The van der Waals surface area contributed by atoms with Crippen molar-refractivity contribution in [3.05, 3.63) is 42.1 Å². The Labute approximate surface area is 132 Å². The summed E-state index contributed by atoms with van der Waals surface area (Å²) in [4.78, 5) is 12.6. The number of rotatable bonds is 6. The lowest BCUT2D eigenvalue weighted by molar-refractivity contribution is 0.252. The molecule has 7 heteroatoms. The average molecular weight is 320 g/mol. The molecule has 0 aliphatic carbocycles. The summed E-state index contributed by atoms with van der Waals surface area (Å²) in [6.07, 6.45) is 0.813. The molecule has 0 spiro atoms. The van der Waals surface area contributed by atoms with E-state index < -0.39 is 10.8 Å². The summed E-state index contributed by atoms with van der Waals surface area (Å²) in [6.45, 7) is 2.34. The van der Waals surface area contributed by atoms with Gasteiger partial charge in [-0.2, -0.15) is 5.10 Å². The smallest absolute Gasteiger partial charge is 0.320 e. The van der Waals surface area contributed by atoms with E-state index in [9.17, 15) is 9.00 Å². The summed E-state index contributed by atoms with van der Waals surface area (Å²) in [7, 11) is 0.669. The zero-order valence-electron chi connectivity index (χ0n) is 12.7. The zero-order valence-corrected chi connectivity index (χ0v) is 13.5. The molecule has 1 aromatic heterocycles. The average Bonchev–Trinajstić information content (AvgIpc) is 2.88. The Hall–Kier alpha value is -2.15. The van der Waals surface area contributed by atoms with Crippen LogP contribution in [-0.2, 0) is 24.3 Å². The van der Waals surface area contributed by atoms with Crippen LogP contribution in [0, 0.1) is 0 Å². The number of anilines is 1. The monoisotopic (exact) mass is 320 g/mol. The van der Waals surface area contributed by atoms with Gasteiger partial charge in [-0.25, -0.2) is 4.79 Å². The maximum Gasteiger partial charge on any atom is 0.320 e. The van der Waals surface area contributed by atoms with Crippen LogP contribution in [0.15, 0.2) is 41.3 Å². The first kappa shape index (κ1) is 16.2. The number of aryl methyl sites for hydroxylation is 2. The van der Waals surface area contributed by atoms with E-state index in [-0.39, 0.29) is 6.03 Å². The van der Waals surface area contributed by atoms with Gasteiger partial charge in [-0.15, -0.1) is 0 Å². The Morgan fingerprint density at radius 2 is 2.05 bits per heavy atom. The van der Waals surface area contributed by atoms with Crippen molar-refractivity contribution in [2.45, 2.75) is 18.2 Å². The van der Waals surface area contributed by atoms with Crippen LogP contribution in [0.25, 0.3) is 0 Å². The third-order valence-corrected chi connectivity index (χ3v) is 4.49. The second-order valence-corrected chi connectivity index (χ2v) is 6.31. The van der Waals surface area contributed by atoms with Crippen molar-refractivity contribution in [1.29, 1.82) is 0 Å². The van der Waals surface area contributed by atoms with Gasteiger partial charge in [0.2, 0.25) is 0 Å². The van der Waals surface area contributed by atoms with Gasteiger partial charge < -0.3 is 5.32 Å². The van der Waals surface area contributed by atoms with E-state index in [1.807, 2.05) is 43.3 Å². The number of nitrogens with one attached hydrogen (secondary N) is 2. The van der Waals surface area contributed by atoms with Crippen LogP contribution in [0.1, 0.15) is 12.6 Å². The molecule has 1 aromatic carbocycles. The molecule has 118 valence electrons. The lowest BCUT2D eigenvalue weighted by Gasteiger charge is -2.07. The van der Waals surface area contributed by atoms with Crippen molar-refractivity contribution >= 4 is 22.6 Å². The van der Waals surface area contributed by atoms with Gasteiger partial charge in [-0.3, -0.25) is 14.2 Å². The molecule has 0 saturated carbocycles. The first-order valence-corrected chi connectivity index (χ1v) is 8.43. The predicted molar refractivity (Wildman–Crippen MR) is 87.3 cm³/mol. The molecule has 2 amide bonds. The molecule has 2 aromatic rings. The lowest BCUT2D eigenvalue weighted by Crippen LogP contribution is -2.32. The van der Waals surface area contributed by atoms with Crippen molar-refractivity contribution in [2.75, 3.05) is 17.6 Å². The number of nitrogens with zero attached hydrogens (tertiary/aromatic N) is 2. The topological polar surface area (TPSA) is 76.0 Å². The second-order valence-electron chi connectivity index (χ2n) is 4.74. The molecule has 0 radical (unpaired) electrons. The SMILES string of the molecule is CCc1cc(NC(=O)NCCS(=O)c2ccccc2)n(C)n1. The first-order chi connectivity index (χ1) is 10.6. The van der Waals surface area contributed by atoms with Crippen LogP contribution >= 0.6 is 0 Å². The maximum atomic E-state index is 12.0. The molecule has 0 bridgehead atoms. The highest BCUT2D eigenvalue weighted by molar-refractivity contribution is 7.85. The Kier molecular flexibility index (Phi) is 5.71. The molecule has 6 nitrogen and oxygen atoms in total. The summed E-state index contributed by atoms with van der Waals surface area (Å²) in [5.41, 5.74) is 0.919. The van der Waals surface area contributed by atoms with Crippen LogP contribution < -0.4 is 10.6 Å². The normalized spacial score (nSPS) is 11.9. The van der Waals surface area contributed by atoms with Crippen molar-refractivity contribution in [3.63, 3.8) is 0 Å². The van der Waals surface area contributed by atoms with E-state index in [2.05, 4.69) is 15.7 Å². The predicted octanol–water partition coefficient (Wildman–Crippen LogP) is 1.91. The number of aromatic nitrogens is 2. The standard InChI is InChI=1S/C15H20N4O2S/c1-3-12-11-14(19(2)18-12)17-15(20)16-9-10-22(21)13-7-5-4-6-8-13/h4-8,11H,3,9-10H2,1-2H3,(H2,16,17,20). The lowest BCUT2D eigenvalue weighted by atomic mass is 10.3. The van der Waals surface area contributed by atoms with Crippen molar-refractivity contribution in [2.24, 2.45) is 7.05 Å². The Morgan fingerprint density at radius 3 is 2.68 bits per heavy atom. The number of carbonyl (C=O) groups excluding carboxylic acids is 1. The third kappa shape index (κ3) is 4.42. The van der Waals surface area contributed by atoms with Gasteiger partial charge in [-0.05, 0) is 18.6 Å². The fraction of sp³-hybridized carbons (Fsp3) is 0.333. The van der Waals surface area contributed by atoms with Gasteiger partial charge in [-0.1, -0.05) is 25.1 Å². The maximum absolute atomic E-state index is 12.0. The molecule has 1 heterocycles.